The smallest absolute Gasteiger partial charge is 0.335 e. The van der Waals surface area contributed by atoms with Crippen LogP contribution in [0.15, 0.2) is 71.5 Å². The Morgan fingerprint density at radius 3 is 2.49 bits per heavy atom. The molecule has 198 valence electrons. The fourth-order valence-corrected chi connectivity index (χ4v) is 5.04. The largest absolute Gasteiger partial charge is 0.478 e. The van der Waals surface area contributed by atoms with E-state index in [-0.39, 0.29) is 28.8 Å². The lowest BCUT2D eigenvalue weighted by Gasteiger charge is -2.33. The Morgan fingerprint density at radius 2 is 1.74 bits per heavy atom. The van der Waals surface area contributed by atoms with Gasteiger partial charge in [0.2, 0.25) is 11.9 Å². The highest BCUT2D eigenvalue weighted by molar-refractivity contribution is 5.93. The van der Waals surface area contributed by atoms with E-state index in [4.69, 9.17) is 4.98 Å². The van der Waals surface area contributed by atoms with Gasteiger partial charge in [-0.1, -0.05) is 24.3 Å². The molecular formula is C28H25FN6O4. The Bertz CT molecular complexity index is 1760. The monoisotopic (exact) mass is 528 g/mol. The first-order valence-corrected chi connectivity index (χ1v) is 12.6. The fourth-order valence-electron chi connectivity index (χ4n) is 5.04. The van der Waals surface area contributed by atoms with Crippen LogP contribution in [-0.2, 0) is 6.54 Å². The highest BCUT2D eigenvalue weighted by Crippen LogP contribution is 2.27. The Hall–Kier alpha value is -4.93. The summed E-state index contributed by atoms with van der Waals surface area (Å²) in [6.45, 7) is 1.90. The number of aromatic nitrogens is 4. The zero-order valence-corrected chi connectivity index (χ0v) is 20.8. The number of fused-ring (bicyclic) bond motifs is 2. The van der Waals surface area contributed by atoms with Crippen LogP contribution >= 0.6 is 0 Å². The second-order valence-electron chi connectivity index (χ2n) is 9.61. The van der Waals surface area contributed by atoms with Crippen molar-refractivity contribution in [3.8, 4) is 0 Å². The van der Waals surface area contributed by atoms with Crippen molar-refractivity contribution >= 4 is 39.8 Å². The number of para-hydroxylation sites is 2. The molecule has 0 saturated carbocycles. The van der Waals surface area contributed by atoms with Crippen LogP contribution in [0.1, 0.15) is 28.8 Å². The van der Waals surface area contributed by atoms with E-state index in [0.717, 1.165) is 22.5 Å². The number of anilines is 2. The highest BCUT2D eigenvalue weighted by atomic mass is 19.1. The molecule has 39 heavy (non-hydrogen) atoms. The van der Waals surface area contributed by atoms with Gasteiger partial charge in [-0.25, -0.2) is 19.2 Å². The third-order valence-electron chi connectivity index (χ3n) is 7.09. The van der Waals surface area contributed by atoms with Gasteiger partial charge >= 0.3 is 5.97 Å². The minimum atomic E-state index is -1.17. The summed E-state index contributed by atoms with van der Waals surface area (Å²) >= 11 is 0. The standard InChI is InChI=1S/C28H25FN6O4/c29-19-8-5-17(6-9-19)16-34-24-4-2-1-3-23(24)32-28(34)33-13-11-20(12-14-33)30-27-31-22-10-7-18(26(37)38)15-21(22)25(36)35(27)39/h1-10,15,20,39H,11-14,16H2,(H,30,31)(H,37,38). The first-order valence-electron chi connectivity index (χ1n) is 12.6. The second-order valence-corrected chi connectivity index (χ2v) is 9.61. The maximum atomic E-state index is 13.5. The summed E-state index contributed by atoms with van der Waals surface area (Å²) in [7, 11) is 0. The summed E-state index contributed by atoms with van der Waals surface area (Å²) in [6, 6.07) is 18.4. The summed E-state index contributed by atoms with van der Waals surface area (Å²) in [5.41, 5.74) is 2.34. The topological polar surface area (TPSA) is 126 Å². The number of imidazole rings is 1. The molecule has 0 spiro atoms. The van der Waals surface area contributed by atoms with Crippen molar-refractivity contribution in [3.05, 3.63) is 94.0 Å². The minimum absolute atomic E-state index is 0.0116. The van der Waals surface area contributed by atoms with E-state index in [1.165, 1.54) is 30.3 Å². The molecule has 0 unspecified atom stereocenters. The Morgan fingerprint density at radius 1 is 1.00 bits per heavy atom. The van der Waals surface area contributed by atoms with Gasteiger partial charge in [-0.2, -0.15) is 0 Å². The molecule has 3 heterocycles. The van der Waals surface area contributed by atoms with Gasteiger partial charge < -0.3 is 25.1 Å². The number of halogens is 1. The average molecular weight is 529 g/mol. The van der Waals surface area contributed by atoms with E-state index in [2.05, 4.69) is 19.8 Å². The van der Waals surface area contributed by atoms with Gasteiger partial charge in [0.05, 0.1) is 34.0 Å². The number of nitrogens with one attached hydrogen (secondary N) is 1. The number of nitrogens with zero attached hydrogens (tertiary/aromatic N) is 5. The zero-order valence-electron chi connectivity index (χ0n) is 20.8. The molecule has 3 N–H and O–H groups in total. The van der Waals surface area contributed by atoms with Crippen LogP contribution in [0.2, 0.25) is 0 Å². The van der Waals surface area contributed by atoms with Gasteiger partial charge in [0.1, 0.15) is 5.82 Å². The van der Waals surface area contributed by atoms with Gasteiger partial charge in [-0.05, 0) is 60.9 Å². The van der Waals surface area contributed by atoms with E-state index >= 15 is 0 Å². The molecule has 6 rings (SSSR count). The zero-order chi connectivity index (χ0) is 27.1. The van der Waals surface area contributed by atoms with Gasteiger partial charge in [0, 0.05) is 19.1 Å². The second kappa shape index (κ2) is 9.75. The molecule has 1 saturated heterocycles. The van der Waals surface area contributed by atoms with Crippen LogP contribution in [0.4, 0.5) is 16.3 Å². The molecule has 0 atom stereocenters. The van der Waals surface area contributed by atoms with Crippen LogP contribution in [0.3, 0.4) is 0 Å². The minimum Gasteiger partial charge on any atom is -0.478 e. The molecule has 0 radical (unpaired) electrons. The lowest BCUT2D eigenvalue weighted by molar-refractivity contribution is 0.0697. The van der Waals surface area contributed by atoms with Crippen molar-refractivity contribution in [2.24, 2.45) is 0 Å². The summed E-state index contributed by atoms with van der Waals surface area (Å²) in [4.78, 5) is 35.4. The van der Waals surface area contributed by atoms with Crippen LogP contribution < -0.4 is 15.8 Å². The summed E-state index contributed by atoms with van der Waals surface area (Å²) in [5.74, 6) is -0.599. The predicted octanol–water partition coefficient (Wildman–Crippen LogP) is 3.95. The third kappa shape index (κ3) is 4.63. The molecule has 1 fully saturated rings. The SMILES string of the molecule is O=C(O)c1ccc2nc(NC3CCN(c4nc5ccccc5n4Cc4ccc(F)cc4)CC3)n(O)c(=O)c2c1. The number of carbonyl (C=O) groups is 1. The summed E-state index contributed by atoms with van der Waals surface area (Å²) in [6.07, 6.45) is 1.40. The van der Waals surface area contributed by atoms with Crippen molar-refractivity contribution < 1.29 is 19.5 Å². The van der Waals surface area contributed by atoms with E-state index in [1.807, 2.05) is 24.3 Å². The van der Waals surface area contributed by atoms with Crippen molar-refractivity contribution in [1.82, 2.24) is 19.3 Å². The van der Waals surface area contributed by atoms with E-state index in [9.17, 15) is 24.3 Å². The number of hydrogen-bond donors (Lipinski definition) is 3. The Kier molecular flexibility index (Phi) is 6.10. The number of rotatable bonds is 6. The van der Waals surface area contributed by atoms with Crippen molar-refractivity contribution in [2.45, 2.75) is 25.4 Å². The first-order chi connectivity index (χ1) is 18.9. The molecule has 0 aliphatic carbocycles. The Balaban J connectivity index is 1.22. The van der Waals surface area contributed by atoms with E-state index in [0.29, 0.717) is 42.7 Å². The quantitative estimate of drug-likeness (QED) is 0.283. The lowest BCUT2D eigenvalue weighted by atomic mass is 10.1. The molecule has 5 aromatic rings. The predicted molar refractivity (Wildman–Crippen MR) is 144 cm³/mol. The molecule has 0 amide bonds. The number of benzene rings is 3. The van der Waals surface area contributed by atoms with Crippen LogP contribution in [-0.4, -0.2) is 54.7 Å². The fraction of sp³-hybridized carbons (Fsp3) is 0.214. The van der Waals surface area contributed by atoms with Gasteiger partial charge in [0.15, 0.2) is 0 Å². The van der Waals surface area contributed by atoms with E-state index < -0.39 is 11.5 Å². The highest BCUT2D eigenvalue weighted by Gasteiger charge is 2.25. The molecule has 3 aromatic carbocycles. The normalized spacial score (nSPS) is 14.2. The van der Waals surface area contributed by atoms with Crippen LogP contribution in [0.5, 0.6) is 0 Å². The molecular weight excluding hydrogens is 503 g/mol. The van der Waals surface area contributed by atoms with Gasteiger partial charge in [-0.3, -0.25) is 4.79 Å². The van der Waals surface area contributed by atoms with Gasteiger partial charge in [-0.15, -0.1) is 4.73 Å². The van der Waals surface area contributed by atoms with Crippen molar-refractivity contribution in [2.75, 3.05) is 23.3 Å². The molecule has 1 aliphatic heterocycles. The van der Waals surface area contributed by atoms with Gasteiger partial charge in [0.25, 0.3) is 5.56 Å². The lowest BCUT2D eigenvalue weighted by Crippen LogP contribution is -2.41. The molecule has 2 aromatic heterocycles. The maximum Gasteiger partial charge on any atom is 0.335 e. The maximum absolute atomic E-state index is 13.5. The molecule has 0 bridgehead atoms. The van der Waals surface area contributed by atoms with E-state index in [1.54, 1.807) is 12.1 Å². The van der Waals surface area contributed by atoms with Crippen molar-refractivity contribution in [1.29, 1.82) is 0 Å². The Labute approximate surface area is 221 Å². The molecule has 1 aliphatic rings. The number of hydrogen-bond acceptors (Lipinski definition) is 7. The number of aromatic carboxylic acids is 1. The summed E-state index contributed by atoms with van der Waals surface area (Å²) in [5, 5.41) is 22.8. The molecule has 11 heteroatoms. The van der Waals surface area contributed by atoms with Crippen LogP contribution in [0.25, 0.3) is 21.9 Å². The number of carboxylic acids is 1. The van der Waals surface area contributed by atoms with Crippen LogP contribution in [0, 0.1) is 5.82 Å². The third-order valence-corrected chi connectivity index (χ3v) is 7.09. The first kappa shape index (κ1) is 24.4. The molecule has 10 nitrogen and oxygen atoms in total. The van der Waals surface area contributed by atoms with Crippen molar-refractivity contribution in [3.63, 3.8) is 0 Å². The average Bonchev–Trinajstić information content (AvgIpc) is 3.31. The number of piperidine rings is 1. The summed E-state index contributed by atoms with van der Waals surface area (Å²) < 4.78 is 16.0. The number of carboxylic acid groups (broad SMARTS) is 1.